The van der Waals surface area contributed by atoms with Crippen LogP contribution in [-0.4, -0.2) is 14.2 Å². The molecule has 1 aromatic carbocycles. The van der Waals surface area contributed by atoms with E-state index in [0.29, 0.717) is 6.07 Å². The van der Waals surface area contributed by atoms with Crippen LogP contribution in [0.2, 0.25) is 0 Å². The maximum absolute atomic E-state index is 12.6. The van der Waals surface area contributed by atoms with Gasteiger partial charge in [-0.3, -0.25) is 4.72 Å². The molecule has 0 fully saturated rings. The standard InChI is InChI=1S/C9H6BrF3N2O2S/c10-8-2-1-6(5-7(8)9(11,12)13)15-18(16,17)4-3-14/h1-2,5,15H,4H2. The van der Waals surface area contributed by atoms with Crippen LogP contribution >= 0.6 is 15.9 Å². The van der Waals surface area contributed by atoms with E-state index in [9.17, 15) is 21.6 Å². The minimum Gasteiger partial charge on any atom is -0.283 e. The molecule has 1 rings (SSSR count). The van der Waals surface area contributed by atoms with Crippen molar-refractivity contribution in [3.8, 4) is 6.07 Å². The third-order valence-corrected chi connectivity index (χ3v) is 3.55. The van der Waals surface area contributed by atoms with Crippen LogP contribution in [0, 0.1) is 11.3 Å². The van der Waals surface area contributed by atoms with Crippen LogP contribution in [0.4, 0.5) is 18.9 Å². The van der Waals surface area contributed by atoms with E-state index in [-0.39, 0.29) is 10.2 Å². The molecule has 1 aromatic rings. The van der Waals surface area contributed by atoms with Crippen LogP contribution in [0.25, 0.3) is 0 Å². The van der Waals surface area contributed by atoms with Crippen LogP contribution in [-0.2, 0) is 16.2 Å². The zero-order valence-corrected chi connectivity index (χ0v) is 11.0. The molecular formula is C9H6BrF3N2O2S. The van der Waals surface area contributed by atoms with Gasteiger partial charge in [-0.2, -0.15) is 18.4 Å². The van der Waals surface area contributed by atoms with E-state index in [1.807, 2.05) is 4.72 Å². The van der Waals surface area contributed by atoms with Gasteiger partial charge in [-0.05, 0) is 18.2 Å². The zero-order chi connectivity index (χ0) is 14.0. The van der Waals surface area contributed by atoms with E-state index in [0.717, 1.165) is 12.1 Å². The molecule has 18 heavy (non-hydrogen) atoms. The molecule has 0 saturated carbocycles. The molecule has 1 N–H and O–H groups in total. The summed E-state index contributed by atoms with van der Waals surface area (Å²) in [5, 5.41) is 8.25. The summed E-state index contributed by atoms with van der Waals surface area (Å²) in [7, 11) is -3.95. The summed E-state index contributed by atoms with van der Waals surface area (Å²) in [5.41, 5.74) is -1.25. The number of rotatable bonds is 3. The summed E-state index contributed by atoms with van der Waals surface area (Å²) in [6.07, 6.45) is -4.60. The molecule has 0 bridgehead atoms. The number of hydrogen-bond acceptors (Lipinski definition) is 3. The number of benzene rings is 1. The topological polar surface area (TPSA) is 70.0 Å². The molecule has 0 spiro atoms. The Morgan fingerprint density at radius 3 is 2.50 bits per heavy atom. The number of halogens is 4. The first kappa shape index (κ1) is 14.8. The molecule has 9 heteroatoms. The van der Waals surface area contributed by atoms with Gasteiger partial charge in [0, 0.05) is 10.2 Å². The largest absolute Gasteiger partial charge is 0.417 e. The maximum Gasteiger partial charge on any atom is 0.417 e. The predicted molar refractivity (Wildman–Crippen MR) is 62.2 cm³/mol. The molecule has 0 aliphatic rings. The predicted octanol–water partition coefficient (Wildman–Crippen LogP) is 2.73. The third-order valence-electron chi connectivity index (χ3n) is 1.80. The minimum atomic E-state index is -4.60. The van der Waals surface area contributed by atoms with Gasteiger partial charge in [-0.25, -0.2) is 8.42 Å². The second kappa shape index (κ2) is 5.16. The second-order valence-electron chi connectivity index (χ2n) is 3.21. The quantitative estimate of drug-likeness (QED) is 0.918. The normalized spacial score (nSPS) is 11.9. The highest BCUT2D eigenvalue weighted by Gasteiger charge is 2.33. The Kier molecular flexibility index (Phi) is 4.24. The van der Waals surface area contributed by atoms with E-state index in [2.05, 4.69) is 15.9 Å². The molecule has 98 valence electrons. The van der Waals surface area contributed by atoms with Crippen LogP contribution < -0.4 is 4.72 Å². The fraction of sp³-hybridized carbons (Fsp3) is 0.222. The summed E-state index contributed by atoms with van der Waals surface area (Å²) in [4.78, 5) is 0. The van der Waals surface area contributed by atoms with Crippen molar-refractivity contribution in [2.75, 3.05) is 10.5 Å². The molecule has 0 heterocycles. The maximum atomic E-state index is 12.6. The molecule has 0 atom stereocenters. The first-order chi connectivity index (χ1) is 8.15. The zero-order valence-electron chi connectivity index (χ0n) is 8.62. The van der Waals surface area contributed by atoms with E-state index >= 15 is 0 Å². The number of sulfonamides is 1. The first-order valence-corrected chi connectivity index (χ1v) is 6.84. The van der Waals surface area contributed by atoms with Crippen molar-refractivity contribution in [1.82, 2.24) is 0 Å². The van der Waals surface area contributed by atoms with Crippen molar-refractivity contribution in [2.24, 2.45) is 0 Å². The Hall–Kier alpha value is -1.27. The Morgan fingerprint density at radius 2 is 2.00 bits per heavy atom. The van der Waals surface area contributed by atoms with Gasteiger partial charge in [0.15, 0.2) is 5.75 Å². The summed E-state index contributed by atoms with van der Waals surface area (Å²) in [6.45, 7) is 0. The molecule has 0 aliphatic carbocycles. The number of nitrogens with one attached hydrogen (secondary N) is 1. The van der Waals surface area contributed by atoms with Crippen LogP contribution in [0.15, 0.2) is 22.7 Å². The van der Waals surface area contributed by atoms with E-state index in [1.54, 1.807) is 0 Å². The smallest absolute Gasteiger partial charge is 0.283 e. The molecule has 0 aromatic heterocycles. The SMILES string of the molecule is N#CCS(=O)(=O)Nc1ccc(Br)c(C(F)(F)F)c1. The Labute approximate surface area is 110 Å². The number of anilines is 1. The van der Waals surface area contributed by atoms with Crippen molar-refractivity contribution in [3.63, 3.8) is 0 Å². The summed E-state index contributed by atoms with van der Waals surface area (Å²) in [5.74, 6) is -0.829. The number of nitrogens with zero attached hydrogens (tertiary/aromatic N) is 1. The van der Waals surface area contributed by atoms with Gasteiger partial charge in [0.25, 0.3) is 0 Å². The van der Waals surface area contributed by atoms with Crippen molar-refractivity contribution in [3.05, 3.63) is 28.2 Å². The van der Waals surface area contributed by atoms with Gasteiger partial charge in [0.1, 0.15) is 0 Å². The van der Waals surface area contributed by atoms with Gasteiger partial charge in [0.05, 0.1) is 11.6 Å². The van der Waals surface area contributed by atoms with Crippen molar-refractivity contribution in [1.29, 1.82) is 5.26 Å². The monoisotopic (exact) mass is 342 g/mol. The lowest BCUT2D eigenvalue weighted by Gasteiger charge is -2.11. The van der Waals surface area contributed by atoms with Crippen LogP contribution in [0.5, 0.6) is 0 Å². The molecule has 0 aliphatic heterocycles. The summed E-state index contributed by atoms with van der Waals surface area (Å²) in [6, 6.07) is 4.29. The Morgan fingerprint density at radius 1 is 1.39 bits per heavy atom. The van der Waals surface area contributed by atoms with Gasteiger partial charge < -0.3 is 0 Å². The van der Waals surface area contributed by atoms with Crippen molar-refractivity contribution < 1.29 is 21.6 Å². The second-order valence-corrected chi connectivity index (χ2v) is 5.79. The average molecular weight is 343 g/mol. The lowest BCUT2D eigenvalue weighted by atomic mass is 10.2. The number of alkyl halides is 3. The van der Waals surface area contributed by atoms with Gasteiger partial charge in [-0.1, -0.05) is 15.9 Å². The third kappa shape index (κ3) is 3.89. The minimum absolute atomic E-state index is 0.196. The van der Waals surface area contributed by atoms with E-state index < -0.39 is 27.5 Å². The molecule has 0 saturated heterocycles. The molecule has 0 radical (unpaired) electrons. The highest BCUT2D eigenvalue weighted by Crippen LogP contribution is 2.36. The van der Waals surface area contributed by atoms with Gasteiger partial charge in [0.2, 0.25) is 10.0 Å². The Balaban J connectivity index is 3.12. The van der Waals surface area contributed by atoms with E-state index in [4.69, 9.17) is 5.26 Å². The molecule has 0 unspecified atom stereocenters. The Bertz CT molecular complexity index is 593. The fourth-order valence-electron chi connectivity index (χ4n) is 1.11. The molecule has 0 amide bonds. The molecule has 4 nitrogen and oxygen atoms in total. The summed E-state index contributed by atoms with van der Waals surface area (Å²) >= 11 is 2.73. The van der Waals surface area contributed by atoms with Crippen LogP contribution in [0.3, 0.4) is 0 Å². The van der Waals surface area contributed by atoms with Crippen LogP contribution in [0.1, 0.15) is 5.56 Å². The van der Waals surface area contributed by atoms with E-state index in [1.165, 1.54) is 6.07 Å². The first-order valence-electron chi connectivity index (χ1n) is 4.40. The lowest BCUT2D eigenvalue weighted by molar-refractivity contribution is -0.138. The fourth-order valence-corrected chi connectivity index (χ4v) is 2.31. The molecular weight excluding hydrogens is 337 g/mol. The highest BCUT2D eigenvalue weighted by molar-refractivity contribution is 9.10. The van der Waals surface area contributed by atoms with Gasteiger partial charge in [-0.15, -0.1) is 0 Å². The average Bonchev–Trinajstić information content (AvgIpc) is 2.18. The van der Waals surface area contributed by atoms with Crippen molar-refractivity contribution >= 4 is 31.6 Å². The van der Waals surface area contributed by atoms with Crippen molar-refractivity contribution in [2.45, 2.75) is 6.18 Å². The summed E-state index contributed by atoms with van der Waals surface area (Å²) < 4.78 is 61.8. The lowest BCUT2D eigenvalue weighted by Crippen LogP contribution is -2.16. The highest BCUT2D eigenvalue weighted by atomic mass is 79.9. The number of hydrogen-bond donors (Lipinski definition) is 1. The number of nitriles is 1. The van der Waals surface area contributed by atoms with Gasteiger partial charge >= 0.3 is 6.18 Å².